The van der Waals surface area contributed by atoms with E-state index in [-0.39, 0.29) is 33.8 Å². The monoisotopic (exact) mass is 399 g/mol. The zero-order chi connectivity index (χ0) is 19.3. The second-order valence-electron chi connectivity index (χ2n) is 5.99. The van der Waals surface area contributed by atoms with Crippen LogP contribution in [0.15, 0.2) is 48.5 Å². The van der Waals surface area contributed by atoms with Crippen LogP contribution in [0.25, 0.3) is 0 Å². The highest BCUT2D eigenvalue weighted by atomic mass is 35.5. The van der Waals surface area contributed by atoms with E-state index in [0.717, 1.165) is 0 Å². The van der Waals surface area contributed by atoms with Gasteiger partial charge in [0.25, 0.3) is 0 Å². The van der Waals surface area contributed by atoms with Crippen LogP contribution in [0.4, 0.5) is 11.4 Å². The summed E-state index contributed by atoms with van der Waals surface area (Å²) in [6.45, 7) is 0. The first-order chi connectivity index (χ1) is 12.9. The van der Waals surface area contributed by atoms with Gasteiger partial charge in [-0.3, -0.25) is 9.59 Å². The first-order valence-electron chi connectivity index (χ1n) is 7.88. The Hall–Kier alpha value is -3.02. The SMILES string of the molecule is O=C1c2ccc(Nc3c(Cl)cccc3Cl)cc2C(=O)c2c(O)ccc(O)c21. The van der Waals surface area contributed by atoms with Gasteiger partial charge in [0.1, 0.15) is 11.5 Å². The molecule has 27 heavy (non-hydrogen) atoms. The third kappa shape index (κ3) is 2.72. The zero-order valence-electron chi connectivity index (χ0n) is 13.6. The lowest BCUT2D eigenvalue weighted by atomic mass is 9.83. The van der Waals surface area contributed by atoms with Crippen molar-refractivity contribution in [3.63, 3.8) is 0 Å². The Bertz CT molecular complexity index is 1120. The van der Waals surface area contributed by atoms with Gasteiger partial charge in [0.05, 0.1) is 26.9 Å². The van der Waals surface area contributed by atoms with Crippen LogP contribution in [0.5, 0.6) is 11.5 Å². The Morgan fingerprint density at radius 1 is 0.741 bits per heavy atom. The fourth-order valence-electron chi connectivity index (χ4n) is 3.08. The maximum atomic E-state index is 12.9. The normalized spacial score (nSPS) is 12.5. The molecule has 3 N–H and O–H groups in total. The van der Waals surface area contributed by atoms with Crippen LogP contribution in [0, 0.1) is 0 Å². The minimum Gasteiger partial charge on any atom is -0.507 e. The third-order valence-corrected chi connectivity index (χ3v) is 4.99. The average molecular weight is 400 g/mol. The first kappa shape index (κ1) is 17.4. The number of para-hydroxylation sites is 1. The third-order valence-electron chi connectivity index (χ3n) is 4.36. The molecule has 0 saturated carbocycles. The Kier molecular flexibility index (Phi) is 4.06. The van der Waals surface area contributed by atoms with Gasteiger partial charge in [0.15, 0.2) is 11.6 Å². The molecule has 0 aliphatic heterocycles. The molecule has 0 spiro atoms. The average Bonchev–Trinajstić information content (AvgIpc) is 2.64. The molecule has 0 aromatic heterocycles. The van der Waals surface area contributed by atoms with E-state index >= 15 is 0 Å². The van der Waals surface area contributed by atoms with Crippen molar-refractivity contribution in [2.45, 2.75) is 0 Å². The van der Waals surface area contributed by atoms with Crippen LogP contribution in [-0.4, -0.2) is 21.8 Å². The number of phenols is 2. The predicted molar refractivity (Wildman–Crippen MR) is 103 cm³/mol. The molecule has 3 aromatic rings. The number of halogens is 2. The molecule has 134 valence electrons. The summed E-state index contributed by atoms with van der Waals surface area (Å²) < 4.78 is 0. The molecule has 4 rings (SSSR count). The molecule has 3 aromatic carbocycles. The lowest BCUT2D eigenvalue weighted by Crippen LogP contribution is -2.21. The summed E-state index contributed by atoms with van der Waals surface area (Å²) in [7, 11) is 0. The smallest absolute Gasteiger partial charge is 0.198 e. The Morgan fingerprint density at radius 2 is 1.30 bits per heavy atom. The summed E-state index contributed by atoms with van der Waals surface area (Å²) in [5.41, 5.74) is 0.817. The van der Waals surface area contributed by atoms with E-state index in [2.05, 4.69) is 5.32 Å². The van der Waals surface area contributed by atoms with Crippen molar-refractivity contribution in [1.29, 1.82) is 0 Å². The van der Waals surface area contributed by atoms with Crippen molar-refractivity contribution in [1.82, 2.24) is 0 Å². The molecule has 0 atom stereocenters. The molecular formula is C20H11Cl2NO4. The summed E-state index contributed by atoms with van der Waals surface area (Å²) >= 11 is 12.3. The minimum absolute atomic E-state index is 0.113. The number of fused-ring (bicyclic) bond motifs is 2. The van der Waals surface area contributed by atoms with Crippen molar-refractivity contribution in [3.8, 4) is 11.5 Å². The summed E-state index contributed by atoms with van der Waals surface area (Å²) in [5.74, 6) is -1.80. The molecule has 0 saturated heterocycles. The summed E-state index contributed by atoms with van der Waals surface area (Å²) in [4.78, 5) is 25.6. The molecule has 7 heteroatoms. The van der Waals surface area contributed by atoms with Crippen LogP contribution in [0.1, 0.15) is 31.8 Å². The molecule has 0 fully saturated rings. The van der Waals surface area contributed by atoms with Gasteiger partial charge in [-0.25, -0.2) is 0 Å². The standard InChI is InChI=1S/C20H11Cl2NO4/c21-12-2-1-3-13(22)18(12)23-9-4-5-10-11(8-9)20(27)17-15(25)7-6-14(24)16(17)19(10)26/h1-8,23-25H. The molecule has 5 nitrogen and oxygen atoms in total. The van der Waals surface area contributed by atoms with Crippen LogP contribution >= 0.6 is 23.2 Å². The summed E-state index contributed by atoms with van der Waals surface area (Å²) in [6, 6.07) is 12.0. The number of carbonyl (C=O) groups excluding carboxylic acids is 2. The number of hydrogen-bond acceptors (Lipinski definition) is 5. The number of anilines is 2. The van der Waals surface area contributed by atoms with Gasteiger partial charge < -0.3 is 15.5 Å². The van der Waals surface area contributed by atoms with E-state index in [1.54, 1.807) is 24.3 Å². The molecule has 0 bridgehead atoms. The molecule has 0 unspecified atom stereocenters. The van der Waals surface area contributed by atoms with E-state index in [9.17, 15) is 19.8 Å². The number of rotatable bonds is 2. The van der Waals surface area contributed by atoms with Crippen LogP contribution in [0.3, 0.4) is 0 Å². The Morgan fingerprint density at radius 3 is 1.89 bits per heavy atom. The van der Waals surface area contributed by atoms with E-state index in [1.807, 2.05) is 0 Å². The van der Waals surface area contributed by atoms with E-state index in [0.29, 0.717) is 21.4 Å². The minimum atomic E-state index is -0.554. The van der Waals surface area contributed by atoms with Gasteiger partial charge in [0.2, 0.25) is 0 Å². The lowest BCUT2D eigenvalue weighted by Gasteiger charge is -2.20. The number of hydrogen-bond donors (Lipinski definition) is 3. The molecule has 0 heterocycles. The van der Waals surface area contributed by atoms with Gasteiger partial charge in [-0.05, 0) is 42.5 Å². The number of benzene rings is 3. The molecule has 1 aliphatic rings. The molecular weight excluding hydrogens is 389 g/mol. The molecule has 0 amide bonds. The van der Waals surface area contributed by atoms with Crippen molar-refractivity contribution >= 4 is 46.1 Å². The van der Waals surface area contributed by atoms with Crippen molar-refractivity contribution < 1.29 is 19.8 Å². The van der Waals surface area contributed by atoms with Gasteiger partial charge in [0, 0.05) is 16.8 Å². The number of ketones is 2. The van der Waals surface area contributed by atoms with E-state index in [4.69, 9.17) is 23.2 Å². The van der Waals surface area contributed by atoms with Gasteiger partial charge in [-0.15, -0.1) is 0 Å². The van der Waals surface area contributed by atoms with Crippen LogP contribution < -0.4 is 5.32 Å². The highest BCUT2D eigenvalue weighted by molar-refractivity contribution is 6.39. The van der Waals surface area contributed by atoms with Gasteiger partial charge >= 0.3 is 0 Å². The van der Waals surface area contributed by atoms with Gasteiger partial charge in [-0.1, -0.05) is 29.3 Å². The molecule has 1 aliphatic carbocycles. The topological polar surface area (TPSA) is 86.6 Å². The Labute approximate surface area is 163 Å². The number of nitrogens with one attached hydrogen (secondary N) is 1. The fraction of sp³-hybridized carbons (Fsp3) is 0. The first-order valence-corrected chi connectivity index (χ1v) is 8.63. The lowest BCUT2D eigenvalue weighted by molar-refractivity contribution is 0.0974. The molecule has 0 radical (unpaired) electrons. The maximum absolute atomic E-state index is 12.9. The summed E-state index contributed by atoms with van der Waals surface area (Å²) in [5, 5.41) is 23.9. The highest BCUT2D eigenvalue weighted by Crippen LogP contribution is 2.39. The number of carbonyl (C=O) groups is 2. The second-order valence-corrected chi connectivity index (χ2v) is 6.81. The quantitative estimate of drug-likeness (QED) is 0.416. The Balaban J connectivity index is 1.82. The largest absolute Gasteiger partial charge is 0.507 e. The van der Waals surface area contributed by atoms with E-state index in [1.165, 1.54) is 24.3 Å². The van der Waals surface area contributed by atoms with Gasteiger partial charge in [-0.2, -0.15) is 0 Å². The number of aromatic hydroxyl groups is 2. The van der Waals surface area contributed by atoms with Crippen molar-refractivity contribution in [2.75, 3.05) is 5.32 Å². The fourth-order valence-corrected chi connectivity index (χ4v) is 3.57. The van der Waals surface area contributed by atoms with Crippen LogP contribution in [0.2, 0.25) is 10.0 Å². The van der Waals surface area contributed by atoms with E-state index < -0.39 is 11.6 Å². The predicted octanol–water partition coefficient (Wildman–Crippen LogP) is 4.92. The van der Waals surface area contributed by atoms with Crippen LogP contribution in [-0.2, 0) is 0 Å². The second kappa shape index (κ2) is 6.30. The highest BCUT2D eigenvalue weighted by Gasteiger charge is 2.34. The van der Waals surface area contributed by atoms with Crippen molar-refractivity contribution in [3.05, 3.63) is 80.8 Å². The zero-order valence-corrected chi connectivity index (χ0v) is 15.1. The maximum Gasteiger partial charge on any atom is 0.198 e. The number of phenolic OH excluding ortho intramolecular Hbond substituents is 2. The van der Waals surface area contributed by atoms with Crippen molar-refractivity contribution in [2.24, 2.45) is 0 Å². The summed E-state index contributed by atoms with van der Waals surface area (Å²) in [6.07, 6.45) is 0.